The van der Waals surface area contributed by atoms with E-state index >= 15 is 0 Å². The van der Waals surface area contributed by atoms with Crippen LogP contribution in [-0.2, 0) is 6.42 Å². The molecule has 0 fully saturated rings. The number of hydrogen-bond donors (Lipinski definition) is 2. The third-order valence-corrected chi connectivity index (χ3v) is 5.17. The predicted molar refractivity (Wildman–Crippen MR) is 115 cm³/mol. The summed E-state index contributed by atoms with van der Waals surface area (Å²) >= 11 is 0. The summed E-state index contributed by atoms with van der Waals surface area (Å²) < 4.78 is 0. The van der Waals surface area contributed by atoms with Crippen LogP contribution < -0.4 is 0 Å². The lowest BCUT2D eigenvalue weighted by atomic mass is 9.98. The van der Waals surface area contributed by atoms with Gasteiger partial charge in [-0.15, -0.1) is 6.58 Å². The molecule has 0 heterocycles. The van der Waals surface area contributed by atoms with E-state index < -0.39 is 6.10 Å². The Hall–Kier alpha value is -1.90. The summed E-state index contributed by atoms with van der Waals surface area (Å²) in [5.74, 6) is 0. The van der Waals surface area contributed by atoms with Gasteiger partial charge in [0.1, 0.15) is 0 Å². The number of unbranched alkanes of at least 4 members (excludes halogenated alkanes) is 4. The molecule has 0 saturated carbocycles. The molecule has 2 atom stereocenters. The summed E-state index contributed by atoms with van der Waals surface area (Å²) in [7, 11) is 0. The third-order valence-electron chi connectivity index (χ3n) is 5.17. The first-order chi connectivity index (χ1) is 13.1. The lowest BCUT2D eigenvalue weighted by Crippen LogP contribution is -2.07. The first-order valence-corrected chi connectivity index (χ1v) is 10.3. The maximum absolute atomic E-state index is 10.2. The molecule has 2 nitrogen and oxygen atoms in total. The van der Waals surface area contributed by atoms with Crippen molar-refractivity contribution in [2.75, 3.05) is 0 Å². The van der Waals surface area contributed by atoms with Crippen molar-refractivity contribution >= 4 is 0 Å². The number of aliphatic hydroxyl groups is 2. The molecule has 0 bridgehead atoms. The van der Waals surface area contributed by atoms with E-state index in [4.69, 9.17) is 0 Å². The Morgan fingerprint density at radius 2 is 1.41 bits per heavy atom. The fourth-order valence-corrected chi connectivity index (χ4v) is 3.33. The van der Waals surface area contributed by atoms with Crippen molar-refractivity contribution in [3.05, 3.63) is 72.3 Å². The lowest BCUT2D eigenvalue weighted by Gasteiger charge is -2.11. The van der Waals surface area contributed by atoms with Crippen molar-refractivity contribution in [1.29, 1.82) is 0 Å². The molecular weight excluding hydrogens is 332 g/mol. The highest BCUT2D eigenvalue weighted by atomic mass is 16.3. The Kier molecular flexibility index (Phi) is 9.30. The van der Waals surface area contributed by atoms with Crippen LogP contribution in [0.1, 0.15) is 69.1 Å². The highest BCUT2D eigenvalue weighted by molar-refractivity contribution is 5.64. The zero-order valence-corrected chi connectivity index (χ0v) is 16.6. The monoisotopic (exact) mass is 366 g/mol. The molecule has 2 unspecified atom stereocenters. The Morgan fingerprint density at radius 3 is 2.00 bits per heavy atom. The lowest BCUT2D eigenvalue weighted by molar-refractivity contribution is 0.151. The molecule has 0 aliphatic heterocycles. The van der Waals surface area contributed by atoms with Crippen LogP contribution in [-0.4, -0.2) is 16.3 Å². The molecule has 2 heteroatoms. The van der Waals surface area contributed by atoms with Gasteiger partial charge in [0.25, 0.3) is 0 Å². The topological polar surface area (TPSA) is 40.5 Å². The van der Waals surface area contributed by atoms with Gasteiger partial charge in [-0.3, -0.25) is 0 Å². The van der Waals surface area contributed by atoms with E-state index in [0.717, 1.165) is 42.4 Å². The quantitative estimate of drug-likeness (QED) is 0.345. The van der Waals surface area contributed by atoms with Gasteiger partial charge >= 0.3 is 0 Å². The van der Waals surface area contributed by atoms with E-state index in [1.54, 1.807) is 0 Å². The standard InChI is InChI=1S/C25H34O2/c1-3-5-6-7-8-9-24(26)19-12-20-10-13-21(14-11-20)22-15-17-23(18-16-22)25(27)4-2/h4,10-11,13-18,24-27H,2-3,5-9,12,19H2,1H3. The highest BCUT2D eigenvalue weighted by Gasteiger charge is 2.06. The first kappa shape index (κ1) is 21.4. The highest BCUT2D eigenvalue weighted by Crippen LogP contribution is 2.23. The van der Waals surface area contributed by atoms with E-state index in [1.165, 1.54) is 37.3 Å². The fraction of sp³-hybridized carbons (Fsp3) is 0.440. The summed E-state index contributed by atoms with van der Waals surface area (Å²) in [6, 6.07) is 16.5. The minimum absolute atomic E-state index is 0.185. The summed E-state index contributed by atoms with van der Waals surface area (Å²) in [5.41, 5.74) is 4.42. The average Bonchev–Trinajstić information content (AvgIpc) is 2.72. The van der Waals surface area contributed by atoms with Gasteiger partial charge in [0.2, 0.25) is 0 Å². The fourth-order valence-electron chi connectivity index (χ4n) is 3.33. The van der Waals surface area contributed by atoms with E-state index in [0.29, 0.717) is 0 Å². The van der Waals surface area contributed by atoms with Crippen molar-refractivity contribution in [2.45, 2.75) is 70.5 Å². The third kappa shape index (κ3) is 7.32. The second-order valence-corrected chi connectivity index (χ2v) is 7.39. The smallest absolute Gasteiger partial charge is 0.0969 e. The molecule has 0 aliphatic carbocycles. The number of aryl methyl sites for hydroxylation is 1. The van der Waals surface area contributed by atoms with Crippen LogP contribution in [0.2, 0.25) is 0 Å². The van der Waals surface area contributed by atoms with Gasteiger partial charge in [0.05, 0.1) is 12.2 Å². The van der Waals surface area contributed by atoms with Crippen LogP contribution in [0.25, 0.3) is 11.1 Å². The largest absolute Gasteiger partial charge is 0.393 e. The van der Waals surface area contributed by atoms with E-state index in [9.17, 15) is 10.2 Å². The van der Waals surface area contributed by atoms with Crippen molar-refractivity contribution in [2.24, 2.45) is 0 Å². The van der Waals surface area contributed by atoms with Gasteiger partial charge in [0.15, 0.2) is 0 Å². The van der Waals surface area contributed by atoms with Crippen molar-refractivity contribution < 1.29 is 10.2 Å². The molecule has 0 amide bonds. The zero-order chi connectivity index (χ0) is 19.5. The van der Waals surface area contributed by atoms with Crippen LogP contribution >= 0.6 is 0 Å². The van der Waals surface area contributed by atoms with Crippen molar-refractivity contribution in [1.82, 2.24) is 0 Å². The van der Waals surface area contributed by atoms with Gasteiger partial charge in [-0.25, -0.2) is 0 Å². The molecule has 2 aromatic carbocycles. The summed E-state index contributed by atoms with van der Waals surface area (Å²) in [4.78, 5) is 0. The molecule has 27 heavy (non-hydrogen) atoms. The Bertz CT molecular complexity index is 658. The number of aliphatic hydroxyl groups excluding tert-OH is 2. The van der Waals surface area contributed by atoms with Crippen LogP contribution in [0, 0.1) is 0 Å². The molecule has 2 aromatic rings. The summed E-state index contributed by atoms with van der Waals surface area (Å²) in [6.07, 6.45) is 9.64. The Labute approximate surface area is 164 Å². The van der Waals surface area contributed by atoms with E-state index in [1.807, 2.05) is 24.3 Å². The minimum Gasteiger partial charge on any atom is -0.393 e. The molecule has 2 rings (SSSR count). The molecule has 0 spiro atoms. The molecule has 146 valence electrons. The van der Waals surface area contributed by atoms with Crippen LogP contribution in [0.4, 0.5) is 0 Å². The Morgan fingerprint density at radius 1 is 0.815 bits per heavy atom. The second-order valence-electron chi connectivity index (χ2n) is 7.39. The number of hydrogen-bond acceptors (Lipinski definition) is 2. The Balaban J connectivity index is 1.80. The maximum Gasteiger partial charge on any atom is 0.0969 e. The number of benzene rings is 2. The van der Waals surface area contributed by atoms with Crippen LogP contribution in [0.3, 0.4) is 0 Å². The molecule has 0 aliphatic rings. The van der Waals surface area contributed by atoms with Gasteiger partial charge in [-0.05, 0) is 41.5 Å². The summed E-state index contributed by atoms with van der Waals surface area (Å²) in [6.45, 7) is 5.84. The second kappa shape index (κ2) is 11.7. The van der Waals surface area contributed by atoms with Crippen LogP contribution in [0.5, 0.6) is 0 Å². The molecule has 0 aromatic heterocycles. The van der Waals surface area contributed by atoms with Gasteiger partial charge < -0.3 is 10.2 Å². The molecule has 2 N–H and O–H groups in total. The van der Waals surface area contributed by atoms with E-state index in [-0.39, 0.29) is 6.10 Å². The van der Waals surface area contributed by atoms with Gasteiger partial charge in [-0.1, -0.05) is 93.6 Å². The van der Waals surface area contributed by atoms with Gasteiger partial charge in [0, 0.05) is 0 Å². The minimum atomic E-state index is -0.612. The van der Waals surface area contributed by atoms with Crippen LogP contribution in [0.15, 0.2) is 61.2 Å². The van der Waals surface area contributed by atoms with Crippen molar-refractivity contribution in [3.63, 3.8) is 0 Å². The normalized spacial score (nSPS) is 13.3. The average molecular weight is 367 g/mol. The van der Waals surface area contributed by atoms with E-state index in [2.05, 4.69) is 37.8 Å². The maximum atomic E-state index is 10.2. The molecule has 0 radical (unpaired) electrons. The number of rotatable bonds is 12. The zero-order valence-electron chi connectivity index (χ0n) is 16.6. The SMILES string of the molecule is C=CC(O)c1ccc(-c2ccc(CCC(O)CCCCCCC)cc2)cc1. The van der Waals surface area contributed by atoms with Gasteiger partial charge in [-0.2, -0.15) is 0 Å². The molecule has 0 saturated heterocycles. The first-order valence-electron chi connectivity index (χ1n) is 10.3. The van der Waals surface area contributed by atoms with Crippen molar-refractivity contribution in [3.8, 4) is 11.1 Å². The summed E-state index contributed by atoms with van der Waals surface area (Å²) in [5, 5.41) is 19.9. The molecular formula is C25H34O2. The predicted octanol–water partition coefficient (Wildman–Crippen LogP) is 6.23.